The molecule has 3 saturated heterocycles. The first-order chi connectivity index (χ1) is 9.99. The van der Waals surface area contributed by atoms with Gasteiger partial charge in [0.2, 0.25) is 0 Å². The molecule has 0 aromatic heterocycles. The van der Waals surface area contributed by atoms with E-state index in [1.807, 2.05) is 0 Å². The third-order valence-corrected chi connectivity index (χ3v) is 6.41. The molecule has 3 aliphatic rings. The van der Waals surface area contributed by atoms with Gasteiger partial charge in [-0.3, -0.25) is 4.90 Å². The van der Waals surface area contributed by atoms with Gasteiger partial charge in [0.1, 0.15) is 0 Å². The van der Waals surface area contributed by atoms with Gasteiger partial charge in [-0.15, -0.1) is 0 Å². The van der Waals surface area contributed by atoms with Crippen LogP contribution in [0.15, 0.2) is 0 Å². The summed E-state index contributed by atoms with van der Waals surface area (Å²) < 4.78 is 0. The van der Waals surface area contributed by atoms with Crippen LogP contribution in [0.1, 0.15) is 53.4 Å². The predicted molar refractivity (Wildman–Crippen MR) is 89.7 cm³/mol. The lowest BCUT2D eigenvalue weighted by molar-refractivity contribution is 0.0981. The van der Waals surface area contributed by atoms with E-state index < -0.39 is 0 Å². The molecule has 1 spiro atoms. The number of piperidine rings is 1. The van der Waals surface area contributed by atoms with Gasteiger partial charge in [0, 0.05) is 31.2 Å². The molecule has 0 N–H and O–H groups in total. The van der Waals surface area contributed by atoms with Crippen molar-refractivity contribution in [2.45, 2.75) is 71.5 Å². The van der Waals surface area contributed by atoms with Crippen LogP contribution in [0.2, 0.25) is 0 Å². The monoisotopic (exact) mass is 293 g/mol. The van der Waals surface area contributed by atoms with Gasteiger partial charge in [-0.25, -0.2) is 0 Å². The van der Waals surface area contributed by atoms with Gasteiger partial charge in [0.25, 0.3) is 0 Å². The Kier molecular flexibility index (Phi) is 4.63. The maximum absolute atomic E-state index is 2.85. The molecule has 0 amide bonds. The fraction of sp³-hybridized carbons (Fsp3) is 1.00. The van der Waals surface area contributed by atoms with Crippen LogP contribution in [0.25, 0.3) is 0 Å². The van der Waals surface area contributed by atoms with Crippen LogP contribution in [-0.2, 0) is 0 Å². The van der Waals surface area contributed by atoms with Crippen LogP contribution < -0.4 is 0 Å². The summed E-state index contributed by atoms with van der Waals surface area (Å²) in [6.07, 6.45) is 5.66. The Morgan fingerprint density at radius 2 is 1.38 bits per heavy atom. The fourth-order valence-electron chi connectivity index (χ4n) is 4.79. The standard InChI is InChI=1S/C18H35N3/c1-15(2)19-9-5-17(6-10-19)21-12-8-18(14-21)7-11-20(13-18)16(3)4/h15-17H,5-14H2,1-4H3. The zero-order valence-electron chi connectivity index (χ0n) is 14.6. The van der Waals surface area contributed by atoms with Crippen LogP contribution in [0.3, 0.4) is 0 Å². The molecule has 3 rings (SSSR count). The van der Waals surface area contributed by atoms with Gasteiger partial charge in [-0.2, -0.15) is 0 Å². The lowest BCUT2D eigenvalue weighted by Gasteiger charge is -2.39. The molecular weight excluding hydrogens is 258 g/mol. The van der Waals surface area contributed by atoms with Crippen LogP contribution >= 0.6 is 0 Å². The summed E-state index contributed by atoms with van der Waals surface area (Å²) in [7, 11) is 0. The number of rotatable bonds is 3. The van der Waals surface area contributed by atoms with Crippen molar-refractivity contribution >= 4 is 0 Å². The first kappa shape index (κ1) is 15.8. The van der Waals surface area contributed by atoms with Crippen molar-refractivity contribution in [1.82, 2.24) is 14.7 Å². The second-order valence-electron chi connectivity index (χ2n) is 8.40. The molecule has 3 heteroatoms. The molecule has 1 atom stereocenters. The van der Waals surface area contributed by atoms with E-state index in [1.54, 1.807) is 0 Å². The Morgan fingerprint density at radius 1 is 0.762 bits per heavy atom. The number of likely N-dealkylation sites (tertiary alicyclic amines) is 3. The Labute approximate surface area is 131 Å². The van der Waals surface area contributed by atoms with Gasteiger partial charge in [0.15, 0.2) is 0 Å². The molecule has 0 aromatic carbocycles. The Hall–Kier alpha value is -0.120. The molecule has 1 unspecified atom stereocenters. The van der Waals surface area contributed by atoms with Crippen molar-refractivity contribution in [1.29, 1.82) is 0 Å². The van der Waals surface area contributed by atoms with Gasteiger partial charge in [0.05, 0.1) is 0 Å². The Balaban J connectivity index is 1.52. The first-order valence-corrected chi connectivity index (χ1v) is 9.21. The Morgan fingerprint density at radius 3 is 1.95 bits per heavy atom. The highest BCUT2D eigenvalue weighted by molar-refractivity contribution is 4.99. The highest BCUT2D eigenvalue weighted by atomic mass is 15.3. The quantitative estimate of drug-likeness (QED) is 0.792. The predicted octanol–water partition coefficient (Wildman–Crippen LogP) is 2.67. The van der Waals surface area contributed by atoms with E-state index in [4.69, 9.17) is 0 Å². The number of hydrogen-bond donors (Lipinski definition) is 0. The average molecular weight is 293 g/mol. The van der Waals surface area contributed by atoms with Gasteiger partial charge < -0.3 is 9.80 Å². The molecule has 0 aliphatic carbocycles. The van der Waals surface area contributed by atoms with Crippen LogP contribution in [0.4, 0.5) is 0 Å². The normalized spacial score (nSPS) is 34.0. The molecule has 3 nitrogen and oxygen atoms in total. The van der Waals surface area contributed by atoms with Crippen LogP contribution in [-0.4, -0.2) is 72.1 Å². The molecule has 0 bridgehead atoms. The molecule has 3 aliphatic heterocycles. The van der Waals surface area contributed by atoms with Gasteiger partial charge in [-0.1, -0.05) is 0 Å². The van der Waals surface area contributed by atoms with E-state index in [-0.39, 0.29) is 0 Å². The molecule has 0 radical (unpaired) electrons. The molecule has 0 aromatic rings. The number of nitrogens with zero attached hydrogens (tertiary/aromatic N) is 3. The molecular formula is C18H35N3. The molecule has 3 heterocycles. The van der Waals surface area contributed by atoms with E-state index in [0.29, 0.717) is 5.41 Å². The van der Waals surface area contributed by atoms with Gasteiger partial charge >= 0.3 is 0 Å². The van der Waals surface area contributed by atoms with E-state index in [9.17, 15) is 0 Å². The van der Waals surface area contributed by atoms with Crippen molar-refractivity contribution in [3.63, 3.8) is 0 Å². The minimum atomic E-state index is 0.638. The number of hydrogen-bond acceptors (Lipinski definition) is 3. The zero-order chi connectivity index (χ0) is 15.0. The minimum Gasteiger partial charge on any atom is -0.301 e. The summed E-state index contributed by atoms with van der Waals surface area (Å²) in [6.45, 7) is 17.4. The summed E-state index contributed by atoms with van der Waals surface area (Å²) in [4.78, 5) is 8.20. The third kappa shape index (κ3) is 3.30. The van der Waals surface area contributed by atoms with Gasteiger partial charge in [-0.05, 0) is 85.0 Å². The van der Waals surface area contributed by atoms with E-state index >= 15 is 0 Å². The summed E-state index contributed by atoms with van der Waals surface area (Å²) in [5.74, 6) is 0. The second kappa shape index (κ2) is 6.17. The molecule has 21 heavy (non-hydrogen) atoms. The maximum atomic E-state index is 2.85. The maximum Gasteiger partial charge on any atom is 0.0120 e. The van der Waals surface area contributed by atoms with Crippen LogP contribution in [0.5, 0.6) is 0 Å². The highest BCUT2D eigenvalue weighted by Crippen LogP contribution is 2.41. The summed E-state index contributed by atoms with van der Waals surface area (Å²) in [5.41, 5.74) is 0.638. The minimum absolute atomic E-state index is 0.638. The molecule has 3 fully saturated rings. The largest absolute Gasteiger partial charge is 0.301 e. The topological polar surface area (TPSA) is 9.72 Å². The highest BCUT2D eigenvalue weighted by Gasteiger charge is 2.45. The van der Waals surface area contributed by atoms with Crippen LogP contribution in [0, 0.1) is 5.41 Å². The smallest absolute Gasteiger partial charge is 0.0120 e. The van der Waals surface area contributed by atoms with E-state index in [2.05, 4.69) is 42.4 Å². The molecule has 0 saturated carbocycles. The zero-order valence-corrected chi connectivity index (χ0v) is 14.6. The summed E-state index contributed by atoms with van der Waals surface area (Å²) in [6, 6.07) is 2.32. The Bertz CT molecular complexity index is 346. The first-order valence-electron chi connectivity index (χ1n) is 9.21. The third-order valence-electron chi connectivity index (χ3n) is 6.41. The van der Waals surface area contributed by atoms with Crippen molar-refractivity contribution in [3.05, 3.63) is 0 Å². The average Bonchev–Trinajstić information content (AvgIpc) is 3.07. The lowest BCUT2D eigenvalue weighted by Crippen LogP contribution is -2.46. The van der Waals surface area contributed by atoms with Crippen molar-refractivity contribution in [2.75, 3.05) is 39.3 Å². The summed E-state index contributed by atoms with van der Waals surface area (Å²) in [5, 5.41) is 0. The van der Waals surface area contributed by atoms with Crippen molar-refractivity contribution in [3.8, 4) is 0 Å². The molecule has 122 valence electrons. The lowest BCUT2D eigenvalue weighted by atomic mass is 9.86. The fourth-order valence-corrected chi connectivity index (χ4v) is 4.79. The SMILES string of the molecule is CC(C)N1CCC(N2CCC3(CCN(C(C)C)C3)C2)CC1. The van der Waals surface area contributed by atoms with Crippen molar-refractivity contribution < 1.29 is 0 Å². The van der Waals surface area contributed by atoms with Crippen molar-refractivity contribution in [2.24, 2.45) is 5.41 Å². The second-order valence-corrected chi connectivity index (χ2v) is 8.40. The van der Waals surface area contributed by atoms with E-state index in [1.165, 1.54) is 65.0 Å². The van der Waals surface area contributed by atoms with E-state index in [0.717, 1.165) is 18.1 Å². The summed E-state index contributed by atoms with van der Waals surface area (Å²) >= 11 is 0.